The van der Waals surface area contributed by atoms with Gasteiger partial charge in [0.15, 0.2) is 11.6 Å². The highest BCUT2D eigenvalue weighted by Crippen LogP contribution is 2.60. The summed E-state index contributed by atoms with van der Waals surface area (Å²) in [5, 5.41) is 0. The number of hydrogen-bond acceptors (Lipinski definition) is 2. The summed E-state index contributed by atoms with van der Waals surface area (Å²) in [7, 11) is 0. The first-order valence-electron chi connectivity index (χ1n) is 8.69. The fourth-order valence-electron chi connectivity index (χ4n) is 5.35. The molecule has 22 heavy (non-hydrogen) atoms. The normalized spacial score (nSPS) is 37.4. The Hall–Kier alpha value is -1.18. The highest BCUT2D eigenvalue weighted by atomic mass is 16.1. The largest absolute Gasteiger partial charge is 0.294 e. The molecule has 0 aromatic rings. The maximum Gasteiger partial charge on any atom is 0.163 e. The molecule has 3 atom stereocenters. The van der Waals surface area contributed by atoms with Gasteiger partial charge in [-0.25, -0.2) is 0 Å². The molecule has 0 amide bonds. The summed E-state index contributed by atoms with van der Waals surface area (Å²) in [6.45, 7) is 10.8. The Morgan fingerprint density at radius 1 is 1.14 bits per heavy atom. The van der Waals surface area contributed by atoms with E-state index in [0.29, 0.717) is 0 Å². The third-order valence-corrected chi connectivity index (χ3v) is 6.35. The van der Waals surface area contributed by atoms with E-state index >= 15 is 0 Å². The van der Waals surface area contributed by atoms with Crippen LogP contribution in [0.5, 0.6) is 0 Å². The van der Waals surface area contributed by atoms with Gasteiger partial charge in [0, 0.05) is 17.4 Å². The number of rotatable bonds is 1. The summed E-state index contributed by atoms with van der Waals surface area (Å²) in [5.41, 5.74) is 2.19. The number of fused-ring (bicyclic) bond motifs is 3. The molecule has 0 radical (unpaired) electrons. The third kappa shape index (κ3) is 2.06. The van der Waals surface area contributed by atoms with Gasteiger partial charge < -0.3 is 0 Å². The van der Waals surface area contributed by atoms with E-state index < -0.39 is 0 Å². The Balaban J connectivity index is 2.09. The van der Waals surface area contributed by atoms with Crippen molar-refractivity contribution in [1.29, 1.82) is 0 Å². The van der Waals surface area contributed by atoms with Crippen LogP contribution in [-0.4, -0.2) is 11.6 Å². The molecule has 1 fully saturated rings. The Bertz CT molecular complexity index is 591. The van der Waals surface area contributed by atoms with Gasteiger partial charge >= 0.3 is 0 Å². The van der Waals surface area contributed by atoms with Crippen LogP contribution in [0.25, 0.3) is 0 Å². The SMILES string of the molecule is CC(C)C1=CC(=O)[C@@H]2[C@@H](CC=C3C(C)(C)CCC[C@@]32C)C1=O. The molecule has 3 rings (SSSR count). The number of carbonyl (C=O) groups excluding carboxylic acids is 2. The van der Waals surface area contributed by atoms with Crippen LogP contribution in [0.4, 0.5) is 0 Å². The average Bonchev–Trinajstić information content (AvgIpc) is 2.40. The molecule has 1 saturated carbocycles. The molecule has 2 heteroatoms. The van der Waals surface area contributed by atoms with Crippen LogP contribution in [0.15, 0.2) is 23.3 Å². The second-order valence-electron chi connectivity index (χ2n) is 8.61. The molecule has 0 spiro atoms. The lowest BCUT2D eigenvalue weighted by atomic mass is 9.48. The lowest BCUT2D eigenvalue weighted by molar-refractivity contribution is -0.135. The zero-order chi connectivity index (χ0) is 16.3. The molecule has 0 aromatic heterocycles. The molecule has 0 N–H and O–H groups in total. The van der Waals surface area contributed by atoms with Gasteiger partial charge in [-0.1, -0.05) is 52.7 Å². The molecule has 120 valence electrons. The second kappa shape index (κ2) is 4.91. The molecule has 0 aliphatic heterocycles. The van der Waals surface area contributed by atoms with E-state index in [1.807, 2.05) is 13.8 Å². The van der Waals surface area contributed by atoms with Crippen LogP contribution in [0, 0.1) is 28.6 Å². The quantitative estimate of drug-likeness (QED) is 0.668. The van der Waals surface area contributed by atoms with Crippen molar-refractivity contribution >= 4 is 11.6 Å². The number of ketones is 2. The zero-order valence-electron chi connectivity index (χ0n) is 14.5. The van der Waals surface area contributed by atoms with E-state index in [2.05, 4.69) is 26.8 Å². The van der Waals surface area contributed by atoms with E-state index in [1.54, 1.807) is 6.08 Å². The summed E-state index contributed by atoms with van der Waals surface area (Å²) in [5.74, 6) is 0.289. The van der Waals surface area contributed by atoms with E-state index in [4.69, 9.17) is 0 Å². The second-order valence-corrected chi connectivity index (χ2v) is 8.61. The minimum Gasteiger partial charge on any atom is -0.294 e. The van der Waals surface area contributed by atoms with Gasteiger partial charge in [0.2, 0.25) is 0 Å². The molecule has 2 nitrogen and oxygen atoms in total. The fraction of sp³-hybridized carbons (Fsp3) is 0.700. The average molecular weight is 300 g/mol. The topological polar surface area (TPSA) is 34.1 Å². The van der Waals surface area contributed by atoms with Gasteiger partial charge in [-0.15, -0.1) is 0 Å². The lowest BCUT2D eigenvalue weighted by Crippen LogP contribution is -2.51. The molecule has 0 bridgehead atoms. The van der Waals surface area contributed by atoms with Gasteiger partial charge in [0.25, 0.3) is 0 Å². The maximum absolute atomic E-state index is 12.9. The van der Waals surface area contributed by atoms with Gasteiger partial charge in [-0.05, 0) is 42.1 Å². The fourth-order valence-corrected chi connectivity index (χ4v) is 5.35. The Kier molecular flexibility index (Phi) is 3.50. The van der Waals surface area contributed by atoms with Crippen LogP contribution < -0.4 is 0 Å². The molecule has 0 saturated heterocycles. The van der Waals surface area contributed by atoms with Crippen molar-refractivity contribution in [2.45, 2.75) is 60.3 Å². The predicted octanol–water partition coefficient (Wildman–Crippen LogP) is 4.50. The van der Waals surface area contributed by atoms with Crippen LogP contribution in [0.3, 0.4) is 0 Å². The minimum atomic E-state index is -0.137. The van der Waals surface area contributed by atoms with Crippen molar-refractivity contribution < 1.29 is 9.59 Å². The van der Waals surface area contributed by atoms with Gasteiger partial charge in [-0.3, -0.25) is 9.59 Å². The Morgan fingerprint density at radius 2 is 1.82 bits per heavy atom. The highest BCUT2D eigenvalue weighted by Gasteiger charge is 2.55. The first kappa shape index (κ1) is 15.7. The molecule has 0 heterocycles. The summed E-state index contributed by atoms with van der Waals surface area (Å²) in [4.78, 5) is 25.8. The number of carbonyl (C=O) groups is 2. The van der Waals surface area contributed by atoms with Crippen molar-refractivity contribution in [2.75, 3.05) is 0 Å². The summed E-state index contributed by atoms with van der Waals surface area (Å²) in [6, 6.07) is 0. The van der Waals surface area contributed by atoms with Crippen LogP contribution in [-0.2, 0) is 9.59 Å². The molecule has 0 unspecified atom stereocenters. The van der Waals surface area contributed by atoms with Crippen LogP contribution in [0.1, 0.15) is 60.3 Å². The van der Waals surface area contributed by atoms with Crippen molar-refractivity contribution in [3.05, 3.63) is 23.3 Å². The molecular formula is C20H28O2. The van der Waals surface area contributed by atoms with E-state index in [0.717, 1.165) is 24.8 Å². The number of allylic oxidation sites excluding steroid dienone is 4. The van der Waals surface area contributed by atoms with Gasteiger partial charge in [0.1, 0.15) is 0 Å². The van der Waals surface area contributed by atoms with Crippen molar-refractivity contribution in [2.24, 2.45) is 28.6 Å². The van der Waals surface area contributed by atoms with Crippen molar-refractivity contribution in [3.63, 3.8) is 0 Å². The Labute approximate surface area is 134 Å². The van der Waals surface area contributed by atoms with Crippen LogP contribution in [0.2, 0.25) is 0 Å². The van der Waals surface area contributed by atoms with E-state index in [9.17, 15) is 9.59 Å². The standard InChI is InChI=1S/C20H28O2/c1-12(2)14-11-15(21)17-13(18(14)22)7-8-16-19(3,4)9-6-10-20(16,17)5/h8,11-13,17H,6-7,9-10H2,1-5H3/t13-,17+,20+/m1/s1. The van der Waals surface area contributed by atoms with E-state index in [1.165, 1.54) is 12.0 Å². The van der Waals surface area contributed by atoms with Gasteiger partial charge in [0.05, 0.1) is 0 Å². The monoisotopic (exact) mass is 300 g/mol. The van der Waals surface area contributed by atoms with Crippen LogP contribution >= 0.6 is 0 Å². The Morgan fingerprint density at radius 3 is 2.45 bits per heavy atom. The molecule has 3 aliphatic rings. The maximum atomic E-state index is 12.9. The summed E-state index contributed by atoms with van der Waals surface area (Å²) < 4.78 is 0. The van der Waals surface area contributed by atoms with Gasteiger partial charge in [-0.2, -0.15) is 0 Å². The zero-order valence-corrected chi connectivity index (χ0v) is 14.5. The molecule has 0 aromatic carbocycles. The predicted molar refractivity (Wildman–Crippen MR) is 88.4 cm³/mol. The minimum absolute atomic E-state index is 0.127. The smallest absolute Gasteiger partial charge is 0.163 e. The highest BCUT2D eigenvalue weighted by molar-refractivity contribution is 6.11. The lowest BCUT2D eigenvalue weighted by Gasteiger charge is -2.54. The number of Topliss-reactive ketones (excluding diaryl/α,β-unsaturated/α-hetero) is 1. The first-order valence-corrected chi connectivity index (χ1v) is 8.69. The van der Waals surface area contributed by atoms with E-state index in [-0.39, 0.29) is 40.2 Å². The van der Waals surface area contributed by atoms with Crippen molar-refractivity contribution in [1.82, 2.24) is 0 Å². The molecule has 3 aliphatic carbocycles. The third-order valence-electron chi connectivity index (χ3n) is 6.35. The summed E-state index contributed by atoms with van der Waals surface area (Å²) in [6.07, 6.45) is 8.08. The molecular weight excluding hydrogens is 272 g/mol. The first-order chi connectivity index (χ1) is 10.2. The summed E-state index contributed by atoms with van der Waals surface area (Å²) >= 11 is 0. The number of hydrogen-bond donors (Lipinski definition) is 0. The van der Waals surface area contributed by atoms with Crippen molar-refractivity contribution in [3.8, 4) is 0 Å².